The van der Waals surface area contributed by atoms with Gasteiger partial charge >= 0.3 is 0 Å². The van der Waals surface area contributed by atoms with Gasteiger partial charge in [0.25, 0.3) is 5.91 Å². The quantitative estimate of drug-likeness (QED) is 0.612. The van der Waals surface area contributed by atoms with Crippen molar-refractivity contribution in [2.75, 3.05) is 46.8 Å². The van der Waals surface area contributed by atoms with Gasteiger partial charge in [-0.2, -0.15) is 0 Å². The monoisotopic (exact) mass is 255 g/mol. The Hall–Kier alpha value is -0.610. The molecule has 0 aliphatic carbocycles. The highest BCUT2D eigenvalue weighted by Gasteiger charge is 2.31. The predicted molar refractivity (Wildman–Crippen MR) is 71.8 cm³/mol. The summed E-state index contributed by atoms with van der Waals surface area (Å²) in [5.74, 6) is 0.272. The van der Waals surface area contributed by atoms with Gasteiger partial charge in [-0.15, -0.1) is 0 Å². The Morgan fingerprint density at radius 1 is 1.06 bits per heavy atom. The fraction of sp³-hybridized carbons (Fsp3) is 0.929. The van der Waals surface area contributed by atoms with Crippen LogP contribution in [0.15, 0.2) is 0 Å². The molecule has 2 rings (SSSR count). The topological polar surface area (TPSA) is 29.2 Å². The van der Waals surface area contributed by atoms with Gasteiger partial charge in [-0.3, -0.25) is 4.79 Å². The van der Waals surface area contributed by atoms with E-state index in [0.29, 0.717) is 6.54 Å². The van der Waals surface area contributed by atoms with E-state index in [2.05, 4.69) is 0 Å². The zero-order valence-electron chi connectivity index (χ0n) is 12.0. The molecule has 0 saturated carbocycles. The number of carbonyl (C=O) groups is 1. The Morgan fingerprint density at radius 3 is 2.22 bits per heavy atom. The van der Waals surface area contributed by atoms with Crippen molar-refractivity contribution in [1.82, 2.24) is 4.90 Å². The number of nitrogens with zero attached hydrogens (tertiary/aromatic N) is 1. The molecule has 1 amide bonds. The fourth-order valence-electron chi connectivity index (χ4n) is 3.40. The number of quaternary nitrogens is 2. The molecule has 0 bridgehead atoms. The molecule has 2 aliphatic rings. The van der Waals surface area contributed by atoms with Crippen LogP contribution >= 0.6 is 0 Å². The highest BCUT2D eigenvalue weighted by Crippen LogP contribution is 2.01. The highest BCUT2D eigenvalue weighted by atomic mass is 16.2. The molecule has 2 N–H and O–H groups in total. The number of rotatable bonds is 3. The van der Waals surface area contributed by atoms with E-state index in [4.69, 9.17) is 0 Å². The van der Waals surface area contributed by atoms with E-state index in [1.165, 1.54) is 63.2 Å². The summed E-state index contributed by atoms with van der Waals surface area (Å²) in [4.78, 5) is 16.7. The molecule has 0 aromatic rings. The lowest BCUT2D eigenvalue weighted by atomic mass is 10.00. The Labute approximate surface area is 111 Å². The summed E-state index contributed by atoms with van der Waals surface area (Å²) in [5, 5.41) is 0. The maximum atomic E-state index is 11.7. The van der Waals surface area contributed by atoms with Crippen molar-refractivity contribution in [1.29, 1.82) is 0 Å². The van der Waals surface area contributed by atoms with E-state index in [-0.39, 0.29) is 5.91 Å². The number of likely N-dealkylation sites (N-methyl/N-ethyl adjacent to an activating group) is 1. The van der Waals surface area contributed by atoms with Gasteiger partial charge in [0, 0.05) is 26.9 Å². The Morgan fingerprint density at radius 2 is 1.67 bits per heavy atom. The molecule has 104 valence electrons. The van der Waals surface area contributed by atoms with Crippen LogP contribution in [0.5, 0.6) is 0 Å². The van der Waals surface area contributed by atoms with Gasteiger partial charge in [0.1, 0.15) is 0 Å². The standard InChI is InChI=1S/C14H27N3O/c1-15(2)14(18)12-16-10-6-13(7-11-16)17-8-4-3-5-9-17/h13H,3-12H2,1-2H3/p+2. The van der Waals surface area contributed by atoms with Crippen LogP contribution in [-0.2, 0) is 4.79 Å². The molecule has 0 spiro atoms. The Balaban J connectivity index is 1.72. The van der Waals surface area contributed by atoms with Crippen LogP contribution in [0.3, 0.4) is 0 Å². The maximum Gasteiger partial charge on any atom is 0.277 e. The predicted octanol–water partition coefficient (Wildman–Crippen LogP) is -1.81. The SMILES string of the molecule is CN(C)C(=O)C[NH+]1CCC([NH+]2CCCCC2)CC1. The molecule has 2 saturated heterocycles. The average Bonchev–Trinajstić information content (AvgIpc) is 2.40. The van der Waals surface area contributed by atoms with Crippen molar-refractivity contribution in [3.8, 4) is 0 Å². The first kappa shape index (κ1) is 13.8. The van der Waals surface area contributed by atoms with Gasteiger partial charge in [0.2, 0.25) is 0 Å². The first-order chi connectivity index (χ1) is 8.66. The third-order valence-electron chi connectivity index (χ3n) is 4.67. The maximum absolute atomic E-state index is 11.7. The zero-order chi connectivity index (χ0) is 13.0. The van der Waals surface area contributed by atoms with Gasteiger partial charge in [0.15, 0.2) is 6.54 Å². The second-order valence-electron chi connectivity index (χ2n) is 6.21. The first-order valence-corrected chi connectivity index (χ1v) is 7.55. The van der Waals surface area contributed by atoms with Crippen molar-refractivity contribution in [3.05, 3.63) is 0 Å². The first-order valence-electron chi connectivity index (χ1n) is 7.55. The molecule has 0 unspecified atom stereocenters. The molecule has 2 aliphatic heterocycles. The summed E-state index contributed by atoms with van der Waals surface area (Å²) in [6.45, 7) is 5.84. The normalized spacial score (nSPS) is 30.1. The number of hydrogen-bond donors (Lipinski definition) is 2. The number of nitrogens with one attached hydrogen (secondary N) is 2. The molecule has 0 aromatic carbocycles. The third kappa shape index (κ3) is 3.69. The minimum Gasteiger partial charge on any atom is -0.344 e. The summed E-state index contributed by atoms with van der Waals surface area (Å²) >= 11 is 0. The molecular formula is C14H29N3O+2. The lowest BCUT2D eigenvalue weighted by Crippen LogP contribution is -3.21. The highest BCUT2D eigenvalue weighted by molar-refractivity contribution is 5.76. The van der Waals surface area contributed by atoms with Crippen LogP contribution in [0.4, 0.5) is 0 Å². The minimum absolute atomic E-state index is 0.272. The Bertz CT molecular complexity index is 266. The summed E-state index contributed by atoms with van der Waals surface area (Å²) in [7, 11) is 3.71. The zero-order valence-corrected chi connectivity index (χ0v) is 12.0. The van der Waals surface area contributed by atoms with E-state index in [1.54, 1.807) is 4.90 Å². The molecule has 0 radical (unpaired) electrons. The largest absolute Gasteiger partial charge is 0.344 e. The number of hydrogen-bond acceptors (Lipinski definition) is 1. The van der Waals surface area contributed by atoms with Crippen molar-refractivity contribution < 1.29 is 14.6 Å². The third-order valence-corrected chi connectivity index (χ3v) is 4.67. The number of likely N-dealkylation sites (tertiary alicyclic amines) is 2. The number of amides is 1. The smallest absolute Gasteiger partial charge is 0.277 e. The second-order valence-corrected chi connectivity index (χ2v) is 6.21. The van der Waals surface area contributed by atoms with Gasteiger partial charge in [-0.25, -0.2) is 0 Å². The average molecular weight is 255 g/mol. The van der Waals surface area contributed by atoms with Crippen molar-refractivity contribution in [2.24, 2.45) is 0 Å². The van der Waals surface area contributed by atoms with Gasteiger partial charge in [-0.1, -0.05) is 0 Å². The van der Waals surface area contributed by atoms with Crippen LogP contribution in [0.1, 0.15) is 32.1 Å². The molecular weight excluding hydrogens is 226 g/mol. The summed E-state index contributed by atoms with van der Waals surface area (Å²) in [5.41, 5.74) is 0. The van der Waals surface area contributed by atoms with Crippen molar-refractivity contribution >= 4 is 5.91 Å². The molecule has 2 fully saturated rings. The lowest BCUT2D eigenvalue weighted by molar-refractivity contribution is -0.958. The van der Waals surface area contributed by atoms with E-state index in [0.717, 1.165) is 6.04 Å². The number of piperidine rings is 2. The molecule has 18 heavy (non-hydrogen) atoms. The van der Waals surface area contributed by atoms with Crippen LogP contribution in [0.2, 0.25) is 0 Å². The van der Waals surface area contributed by atoms with Gasteiger partial charge < -0.3 is 14.7 Å². The second kappa shape index (κ2) is 6.53. The molecule has 0 atom stereocenters. The van der Waals surface area contributed by atoms with Crippen molar-refractivity contribution in [3.63, 3.8) is 0 Å². The lowest BCUT2D eigenvalue weighted by Gasteiger charge is -2.36. The summed E-state index contributed by atoms with van der Waals surface area (Å²) < 4.78 is 0. The van der Waals surface area contributed by atoms with E-state index >= 15 is 0 Å². The molecule has 2 heterocycles. The molecule has 4 heteroatoms. The van der Waals surface area contributed by atoms with E-state index in [9.17, 15) is 4.79 Å². The van der Waals surface area contributed by atoms with E-state index in [1.807, 2.05) is 19.0 Å². The Kier molecular flexibility index (Phi) is 5.01. The number of carbonyl (C=O) groups excluding carboxylic acids is 1. The van der Waals surface area contributed by atoms with Crippen molar-refractivity contribution in [2.45, 2.75) is 38.1 Å². The molecule has 0 aromatic heterocycles. The van der Waals surface area contributed by atoms with Crippen LogP contribution in [0.25, 0.3) is 0 Å². The minimum atomic E-state index is 0.272. The van der Waals surface area contributed by atoms with Gasteiger partial charge in [0.05, 0.1) is 32.2 Å². The summed E-state index contributed by atoms with van der Waals surface area (Å²) in [6.07, 6.45) is 6.89. The van der Waals surface area contributed by atoms with Gasteiger partial charge in [-0.05, 0) is 19.3 Å². The van der Waals surface area contributed by atoms with Crippen LogP contribution < -0.4 is 9.80 Å². The molecule has 4 nitrogen and oxygen atoms in total. The summed E-state index contributed by atoms with van der Waals surface area (Å²) in [6, 6.07) is 0.878. The van der Waals surface area contributed by atoms with E-state index < -0.39 is 0 Å². The van der Waals surface area contributed by atoms with Crippen LogP contribution in [-0.4, -0.2) is 63.7 Å². The fourth-order valence-corrected chi connectivity index (χ4v) is 3.40. The van der Waals surface area contributed by atoms with Crippen LogP contribution in [0, 0.1) is 0 Å².